The minimum atomic E-state index is 0.605. The molecule has 0 unspecified atom stereocenters. The van der Waals surface area contributed by atoms with E-state index in [9.17, 15) is 0 Å². The van der Waals surface area contributed by atoms with Crippen LogP contribution in [0.15, 0.2) is 65.8 Å². The van der Waals surface area contributed by atoms with Gasteiger partial charge >= 0.3 is 0 Å². The quantitative estimate of drug-likeness (QED) is 0.566. The molecule has 0 radical (unpaired) electrons. The van der Waals surface area contributed by atoms with E-state index in [1.54, 1.807) is 6.26 Å². The number of hydrogen-bond acceptors (Lipinski definition) is 5. The van der Waals surface area contributed by atoms with E-state index in [2.05, 4.69) is 31.3 Å². The molecular weight excluding hydrogens is 302 g/mol. The van der Waals surface area contributed by atoms with Crippen molar-refractivity contribution >= 4 is 5.65 Å². The van der Waals surface area contributed by atoms with Crippen LogP contribution < -0.4 is 0 Å². The van der Waals surface area contributed by atoms with Gasteiger partial charge in [-0.1, -0.05) is 6.07 Å². The van der Waals surface area contributed by atoms with E-state index < -0.39 is 0 Å². The Morgan fingerprint density at radius 3 is 2.67 bits per heavy atom. The molecule has 0 aliphatic rings. The fraction of sp³-hybridized carbons (Fsp3) is 0.167. The predicted octanol–water partition coefficient (Wildman–Crippen LogP) is 3.02. The summed E-state index contributed by atoms with van der Waals surface area (Å²) < 4.78 is 7.41. The van der Waals surface area contributed by atoms with Gasteiger partial charge in [0.1, 0.15) is 5.65 Å². The first-order chi connectivity index (χ1) is 11.8. The highest BCUT2D eigenvalue weighted by molar-refractivity contribution is 5.45. The lowest BCUT2D eigenvalue weighted by atomic mass is 10.3. The first kappa shape index (κ1) is 14.6. The Kier molecular flexibility index (Phi) is 3.80. The molecule has 0 aliphatic carbocycles. The van der Waals surface area contributed by atoms with E-state index in [-0.39, 0.29) is 0 Å². The van der Waals surface area contributed by atoms with Crippen molar-refractivity contribution in [3.05, 3.63) is 72.6 Å². The average molecular weight is 319 g/mol. The monoisotopic (exact) mass is 319 g/mol. The molecule has 24 heavy (non-hydrogen) atoms. The van der Waals surface area contributed by atoms with Crippen LogP contribution >= 0.6 is 0 Å². The third-order valence-electron chi connectivity index (χ3n) is 3.82. The highest BCUT2D eigenvalue weighted by Gasteiger charge is 2.08. The smallest absolute Gasteiger partial charge is 0.195 e. The first-order valence-electron chi connectivity index (χ1n) is 7.74. The van der Waals surface area contributed by atoms with Gasteiger partial charge in [-0.2, -0.15) is 0 Å². The summed E-state index contributed by atoms with van der Waals surface area (Å²) in [6, 6.07) is 9.69. The molecule has 0 bridgehead atoms. The number of imidazole rings is 1. The Labute approximate surface area is 139 Å². The first-order valence-corrected chi connectivity index (χ1v) is 7.74. The highest BCUT2D eigenvalue weighted by Crippen LogP contribution is 2.15. The summed E-state index contributed by atoms with van der Waals surface area (Å²) in [5.41, 5.74) is 3.18. The highest BCUT2D eigenvalue weighted by atomic mass is 16.3. The summed E-state index contributed by atoms with van der Waals surface area (Å²) in [5.74, 6) is 1.29. The molecule has 0 saturated heterocycles. The van der Waals surface area contributed by atoms with Crippen LogP contribution in [0.25, 0.3) is 17.2 Å². The van der Waals surface area contributed by atoms with Crippen LogP contribution in [-0.2, 0) is 13.1 Å². The van der Waals surface area contributed by atoms with Gasteiger partial charge in [-0.3, -0.25) is 4.90 Å². The molecule has 0 aliphatic heterocycles. The maximum atomic E-state index is 5.31. The molecule has 0 amide bonds. The Morgan fingerprint density at radius 2 is 1.88 bits per heavy atom. The third-order valence-corrected chi connectivity index (χ3v) is 3.82. The zero-order valence-corrected chi connectivity index (χ0v) is 13.3. The van der Waals surface area contributed by atoms with Crippen LogP contribution in [0.5, 0.6) is 0 Å². The summed E-state index contributed by atoms with van der Waals surface area (Å²) in [6.07, 6.45) is 9.26. The van der Waals surface area contributed by atoms with E-state index in [1.807, 2.05) is 55.1 Å². The molecule has 0 fully saturated rings. The number of fused-ring (bicyclic) bond motifs is 1. The summed E-state index contributed by atoms with van der Waals surface area (Å²) in [5, 5.41) is 0. The van der Waals surface area contributed by atoms with Crippen molar-refractivity contribution in [2.75, 3.05) is 7.05 Å². The average Bonchev–Trinajstić information content (AvgIpc) is 3.26. The summed E-state index contributed by atoms with van der Waals surface area (Å²) >= 11 is 0. The van der Waals surface area contributed by atoms with Gasteiger partial charge in [0, 0.05) is 37.2 Å². The number of pyridine rings is 1. The van der Waals surface area contributed by atoms with Crippen molar-refractivity contribution < 1.29 is 4.42 Å². The number of nitrogens with zero attached hydrogens (tertiary/aromatic N) is 5. The normalized spacial score (nSPS) is 11.4. The van der Waals surface area contributed by atoms with Gasteiger partial charge in [0.05, 0.1) is 18.2 Å². The Bertz CT molecular complexity index is 928. The zero-order valence-electron chi connectivity index (χ0n) is 13.3. The molecule has 0 spiro atoms. The Morgan fingerprint density at radius 1 is 1.00 bits per heavy atom. The Balaban J connectivity index is 1.45. The number of furan rings is 1. The standard InChI is InChI=1S/C18H17N5O/c1-22(13-15-11-19-17-6-2-3-7-23(15)17)12-14-9-20-18(21-10-14)16-5-4-8-24-16/h2-11H,12-13H2,1H3. The lowest BCUT2D eigenvalue weighted by Crippen LogP contribution is -2.18. The maximum absolute atomic E-state index is 5.31. The van der Waals surface area contributed by atoms with Gasteiger partial charge in [-0.25, -0.2) is 15.0 Å². The summed E-state index contributed by atoms with van der Waals surface area (Å²) in [4.78, 5) is 15.4. The van der Waals surface area contributed by atoms with Gasteiger partial charge in [0.2, 0.25) is 0 Å². The molecule has 0 aromatic carbocycles. The molecule has 0 N–H and O–H groups in total. The van der Waals surface area contributed by atoms with Crippen LogP contribution in [-0.4, -0.2) is 31.3 Å². The van der Waals surface area contributed by atoms with Crippen LogP contribution in [0.4, 0.5) is 0 Å². The van der Waals surface area contributed by atoms with Crippen molar-refractivity contribution in [3.63, 3.8) is 0 Å². The van der Waals surface area contributed by atoms with Gasteiger partial charge < -0.3 is 8.82 Å². The summed E-state index contributed by atoms with van der Waals surface area (Å²) in [7, 11) is 2.07. The second-order valence-electron chi connectivity index (χ2n) is 5.74. The molecule has 0 saturated carbocycles. The number of aromatic nitrogens is 4. The second-order valence-corrected chi connectivity index (χ2v) is 5.74. The fourth-order valence-electron chi connectivity index (χ4n) is 2.72. The zero-order chi connectivity index (χ0) is 16.4. The van der Waals surface area contributed by atoms with E-state index in [0.29, 0.717) is 11.6 Å². The molecule has 4 rings (SSSR count). The van der Waals surface area contributed by atoms with Crippen LogP contribution in [0.3, 0.4) is 0 Å². The molecular formula is C18H17N5O. The number of rotatable bonds is 5. The lowest BCUT2D eigenvalue weighted by Gasteiger charge is -2.16. The van der Waals surface area contributed by atoms with Crippen LogP contribution in [0.1, 0.15) is 11.3 Å². The van der Waals surface area contributed by atoms with Crippen molar-refractivity contribution in [3.8, 4) is 11.6 Å². The van der Waals surface area contributed by atoms with Crippen molar-refractivity contribution in [1.82, 2.24) is 24.3 Å². The maximum Gasteiger partial charge on any atom is 0.195 e. The molecule has 4 aromatic heterocycles. The molecule has 4 aromatic rings. The molecule has 0 atom stereocenters. The van der Waals surface area contributed by atoms with Gasteiger partial charge in [-0.15, -0.1) is 0 Å². The van der Waals surface area contributed by atoms with Crippen molar-refractivity contribution in [1.29, 1.82) is 0 Å². The SMILES string of the molecule is CN(Cc1cnc(-c2ccco2)nc1)Cc1cnc2ccccn12. The molecule has 6 nitrogen and oxygen atoms in total. The van der Waals surface area contributed by atoms with E-state index in [1.165, 1.54) is 0 Å². The molecule has 6 heteroatoms. The summed E-state index contributed by atoms with van der Waals surface area (Å²) in [6.45, 7) is 1.56. The van der Waals surface area contributed by atoms with Gasteiger partial charge in [0.25, 0.3) is 0 Å². The molecule has 120 valence electrons. The van der Waals surface area contributed by atoms with E-state index in [0.717, 1.165) is 30.0 Å². The topological polar surface area (TPSA) is 59.5 Å². The molecule has 4 heterocycles. The van der Waals surface area contributed by atoms with Gasteiger partial charge in [0.15, 0.2) is 11.6 Å². The predicted molar refractivity (Wildman–Crippen MR) is 90.1 cm³/mol. The largest absolute Gasteiger partial charge is 0.461 e. The third kappa shape index (κ3) is 2.91. The second kappa shape index (κ2) is 6.25. The van der Waals surface area contributed by atoms with Crippen LogP contribution in [0, 0.1) is 0 Å². The Hall–Kier alpha value is -2.99. The number of hydrogen-bond donors (Lipinski definition) is 0. The van der Waals surface area contributed by atoms with Crippen molar-refractivity contribution in [2.24, 2.45) is 0 Å². The lowest BCUT2D eigenvalue weighted by molar-refractivity contribution is 0.313. The van der Waals surface area contributed by atoms with Gasteiger partial charge in [-0.05, 0) is 31.3 Å². The van der Waals surface area contributed by atoms with Crippen LogP contribution in [0.2, 0.25) is 0 Å². The minimum absolute atomic E-state index is 0.605. The van der Waals surface area contributed by atoms with E-state index in [4.69, 9.17) is 4.42 Å². The van der Waals surface area contributed by atoms with E-state index >= 15 is 0 Å². The minimum Gasteiger partial charge on any atom is -0.461 e. The fourth-order valence-corrected chi connectivity index (χ4v) is 2.72. The van der Waals surface area contributed by atoms with Crippen molar-refractivity contribution in [2.45, 2.75) is 13.1 Å².